The highest BCUT2D eigenvalue weighted by molar-refractivity contribution is 5.84. The fraction of sp³-hybridized carbons (Fsp3) is 0.273. The number of phenols is 1. The molecule has 0 spiro atoms. The number of primary amides is 1. The molecule has 0 bridgehead atoms. The van der Waals surface area contributed by atoms with Gasteiger partial charge in [-0.05, 0) is 24.1 Å². The molecule has 5 N–H and O–H groups in total. The van der Waals surface area contributed by atoms with Crippen LogP contribution in [-0.2, 0) is 16.0 Å². The topological polar surface area (TPSA) is 113 Å². The molecule has 6 nitrogen and oxygen atoms in total. The lowest BCUT2D eigenvalue weighted by molar-refractivity contribution is -0.133. The summed E-state index contributed by atoms with van der Waals surface area (Å²) in [7, 11) is 0. The average molecular weight is 238 g/mol. The van der Waals surface area contributed by atoms with Gasteiger partial charge in [0.05, 0.1) is 5.92 Å². The summed E-state index contributed by atoms with van der Waals surface area (Å²) >= 11 is 0. The fourth-order valence-electron chi connectivity index (χ4n) is 1.46. The maximum absolute atomic E-state index is 11.1. The number of nitrogens with one attached hydrogen (secondary N) is 1. The smallest absolute Gasteiger partial charge is 0.244 e. The van der Waals surface area contributed by atoms with Gasteiger partial charge in [0.25, 0.3) is 0 Å². The summed E-state index contributed by atoms with van der Waals surface area (Å²) in [5.41, 5.74) is 7.40. The number of carbonyl (C=O) groups excluding carboxylic acids is 2. The van der Waals surface area contributed by atoms with Crippen molar-refractivity contribution in [3.05, 3.63) is 29.8 Å². The minimum atomic E-state index is -0.688. The number of nitrogens with two attached hydrogens (primary N) is 1. The first-order valence-corrected chi connectivity index (χ1v) is 5.03. The summed E-state index contributed by atoms with van der Waals surface area (Å²) in [4.78, 5) is 22.1. The molecule has 0 saturated carbocycles. The second-order valence-corrected chi connectivity index (χ2v) is 3.71. The molecule has 0 aromatic heterocycles. The van der Waals surface area contributed by atoms with Crippen LogP contribution in [0.25, 0.3) is 0 Å². The van der Waals surface area contributed by atoms with E-state index in [1.165, 1.54) is 17.6 Å². The number of phenolic OH excluding ortho intramolecular Hbond substituents is 1. The average Bonchev–Trinajstić information content (AvgIpc) is 2.30. The van der Waals surface area contributed by atoms with E-state index in [1.807, 2.05) is 0 Å². The van der Waals surface area contributed by atoms with Gasteiger partial charge in [-0.1, -0.05) is 12.1 Å². The van der Waals surface area contributed by atoms with E-state index in [9.17, 15) is 9.59 Å². The molecular weight excluding hydrogens is 224 g/mol. The first-order valence-electron chi connectivity index (χ1n) is 5.03. The van der Waals surface area contributed by atoms with Gasteiger partial charge in [0.2, 0.25) is 11.8 Å². The maximum Gasteiger partial charge on any atom is 0.244 e. The minimum Gasteiger partial charge on any atom is -0.508 e. The van der Waals surface area contributed by atoms with Gasteiger partial charge < -0.3 is 10.8 Å². The van der Waals surface area contributed by atoms with Gasteiger partial charge in [-0.2, -0.15) is 0 Å². The zero-order valence-corrected chi connectivity index (χ0v) is 9.09. The van der Waals surface area contributed by atoms with E-state index in [-0.39, 0.29) is 18.6 Å². The molecule has 0 fully saturated rings. The molecule has 1 aromatic rings. The minimum absolute atomic E-state index is 0.123. The van der Waals surface area contributed by atoms with E-state index in [1.54, 1.807) is 12.1 Å². The van der Waals surface area contributed by atoms with Gasteiger partial charge in [0.15, 0.2) is 0 Å². The molecule has 0 aliphatic rings. The molecule has 1 rings (SSSR count). The Morgan fingerprint density at radius 2 is 1.88 bits per heavy atom. The van der Waals surface area contributed by atoms with Gasteiger partial charge in [-0.25, -0.2) is 5.48 Å². The lowest BCUT2D eigenvalue weighted by atomic mass is 9.95. The standard InChI is InChI=1S/C11H14N2O4/c12-11(16)8(6-10(15)13-17)5-7-1-3-9(14)4-2-7/h1-4,8,14,17H,5-6H2,(H2,12,16)(H,13,15)/t8-/m1/s1. The van der Waals surface area contributed by atoms with Crippen LogP contribution in [0.5, 0.6) is 5.75 Å². The number of carbonyl (C=O) groups is 2. The Morgan fingerprint density at radius 3 is 2.35 bits per heavy atom. The lowest BCUT2D eigenvalue weighted by Gasteiger charge is -2.12. The van der Waals surface area contributed by atoms with Gasteiger partial charge in [-0.15, -0.1) is 0 Å². The summed E-state index contributed by atoms with van der Waals surface area (Å²) in [6.07, 6.45) is 0.107. The molecule has 1 atom stereocenters. The van der Waals surface area contributed by atoms with Gasteiger partial charge >= 0.3 is 0 Å². The molecule has 0 unspecified atom stereocenters. The summed E-state index contributed by atoms with van der Waals surface area (Å²) in [6.45, 7) is 0. The fourth-order valence-corrected chi connectivity index (χ4v) is 1.46. The van der Waals surface area contributed by atoms with Crippen molar-refractivity contribution in [2.24, 2.45) is 11.7 Å². The normalized spacial score (nSPS) is 11.8. The molecule has 6 heteroatoms. The van der Waals surface area contributed by atoms with E-state index < -0.39 is 17.7 Å². The zero-order chi connectivity index (χ0) is 12.8. The van der Waals surface area contributed by atoms with E-state index in [2.05, 4.69) is 0 Å². The summed E-state index contributed by atoms with van der Waals surface area (Å²) in [5, 5.41) is 17.5. The molecule has 2 amide bonds. The van der Waals surface area contributed by atoms with E-state index >= 15 is 0 Å². The molecule has 1 aromatic carbocycles. The van der Waals surface area contributed by atoms with Crippen LogP contribution in [0.15, 0.2) is 24.3 Å². The van der Waals surface area contributed by atoms with Crippen LogP contribution in [0.1, 0.15) is 12.0 Å². The van der Waals surface area contributed by atoms with Crippen molar-refractivity contribution in [3.8, 4) is 5.75 Å². The molecule has 0 aliphatic heterocycles. The third-order valence-corrected chi connectivity index (χ3v) is 2.38. The highest BCUT2D eigenvalue weighted by Gasteiger charge is 2.19. The van der Waals surface area contributed by atoms with Crippen molar-refractivity contribution >= 4 is 11.8 Å². The van der Waals surface area contributed by atoms with Crippen molar-refractivity contribution in [3.63, 3.8) is 0 Å². The van der Waals surface area contributed by atoms with Gasteiger partial charge in [-0.3, -0.25) is 14.8 Å². The largest absolute Gasteiger partial charge is 0.508 e. The third kappa shape index (κ3) is 4.12. The van der Waals surface area contributed by atoms with Crippen LogP contribution < -0.4 is 11.2 Å². The third-order valence-electron chi connectivity index (χ3n) is 2.38. The number of benzene rings is 1. The first kappa shape index (κ1) is 13.0. The maximum atomic E-state index is 11.1. The molecule has 92 valence electrons. The predicted octanol–water partition coefficient (Wildman–Crippen LogP) is -0.0683. The molecule has 0 saturated heterocycles. The number of amides is 2. The summed E-state index contributed by atoms with van der Waals surface area (Å²) < 4.78 is 0. The predicted molar refractivity (Wildman–Crippen MR) is 59.0 cm³/mol. The quantitative estimate of drug-likeness (QED) is 0.425. The summed E-state index contributed by atoms with van der Waals surface area (Å²) in [5.74, 6) is -1.83. The Bertz CT molecular complexity index is 402. The van der Waals surface area contributed by atoms with Crippen LogP contribution >= 0.6 is 0 Å². The Kier molecular flexibility index (Phi) is 4.47. The Labute approximate surface area is 98.0 Å². The second-order valence-electron chi connectivity index (χ2n) is 3.71. The van der Waals surface area contributed by atoms with Crippen LogP contribution in [0, 0.1) is 5.92 Å². The number of hydrogen-bond acceptors (Lipinski definition) is 4. The highest BCUT2D eigenvalue weighted by atomic mass is 16.5. The van der Waals surface area contributed by atoms with E-state index in [0.29, 0.717) is 0 Å². The van der Waals surface area contributed by atoms with Crippen LogP contribution in [-0.4, -0.2) is 22.1 Å². The zero-order valence-electron chi connectivity index (χ0n) is 9.09. The monoisotopic (exact) mass is 238 g/mol. The number of hydroxylamine groups is 1. The highest BCUT2D eigenvalue weighted by Crippen LogP contribution is 2.15. The number of rotatable bonds is 5. The van der Waals surface area contributed by atoms with Gasteiger partial charge in [0.1, 0.15) is 5.75 Å². The summed E-state index contributed by atoms with van der Waals surface area (Å²) in [6, 6.07) is 6.25. The van der Waals surface area contributed by atoms with E-state index in [0.717, 1.165) is 5.56 Å². The Morgan fingerprint density at radius 1 is 1.29 bits per heavy atom. The van der Waals surface area contributed by atoms with Crippen LogP contribution in [0.2, 0.25) is 0 Å². The first-order chi connectivity index (χ1) is 8.02. The SMILES string of the molecule is NC(=O)[C@@H](CC(=O)NO)Cc1ccc(O)cc1. The number of hydrogen-bond donors (Lipinski definition) is 4. The van der Waals surface area contributed by atoms with Crippen molar-refractivity contribution in [1.29, 1.82) is 0 Å². The second kappa shape index (κ2) is 5.86. The van der Waals surface area contributed by atoms with E-state index in [4.69, 9.17) is 16.0 Å². The molecule has 0 radical (unpaired) electrons. The van der Waals surface area contributed by atoms with Gasteiger partial charge in [0, 0.05) is 6.42 Å². The van der Waals surface area contributed by atoms with Crippen molar-refractivity contribution in [2.75, 3.05) is 0 Å². The van der Waals surface area contributed by atoms with Crippen molar-refractivity contribution in [1.82, 2.24) is 5.48 Å². The van der Waals surface area contributed by atoms with Crippen molar-refractivity contribution in [2.45, 2.75) is 12.8 Å². The van der Waals surface area contributed by atoms with Crippen LogP contribution in [0.3, 0.4) is 0 Å². The van der Waals surface area contributed by atoms with Crippen LogP contribution in [0.4, 0.5) is 0 Å². The number of aromatic hydroxyl groups is 1. The molecule has 0 heterocycles. The molecule has 17 heavy (non-hydrogen) atoms. The van der Waals surface area contributed by atoms with Crippen molar-refractivity contribution < 1.29 is 19.9 Å². The molecule has 0 aliphatic carbocycles. The Hall–Kier alpha value is -2.08. The molecular formula is C11H14N2O4. The Balaban J connectivity index is 2.70. The lowest BCUT2D eigenvalue weighted by Crippen LogP contribution is -2.31.